The Bertz CT molecular complexity index is 1190. The second kappa shape index (κ2) is 9.04. The third kappa shape index (κ3) is 4.78. The molecule has 166 valence electrons. The summed E-state index contributed by atoms with van der Waals surface area (Å²) in [6, 6.07) is 23.2. The molecule has 0 bridgehead atoms. The Hall–Kier alpha value is -3.32. The monoisotopic (exact) mass is 450 g/mol. The van der Waals surface area contributed by atoms with Crippen LogP contribution in [-0.2, 0) is 27.8 Å². The number of carbonyl (C=O) groups is 1. The van der Waals surface area contributed by atoms with E-state index in [1.54, 1.807) is 36.1 Å². The van der Waals surface area contributed by atoms with Crippen LogP contribution in [0.1, 0.15) is 18.1 Å². The number of hydrogen-bond donors (Lipinski definition) is 0. The van der Waals surface area contributed by atoms with E-state index in [2.05, 4.69) is 6.07 Å². The van der Waals surface area contributed by atoms with Gasteiger partial charge < -0.3 is 9.64 Å². The van der Waals surface area contributed by atoms with Crippen LogP contribution in [0.2, 0.25) is 0 Å². The molecule has 1 amide bonds. The third-order valence-electron chi connectivity index (χ3n) is 5.58. The molecule has 1 aliphatic rings. The zero-order chi connectivity index (χ0) is 22.7. The molecule has 4 rings (SSSR count). The van der Waals surface area contributed by atoms with E-state index >= 15 is 0 Å². The summed E-state index contributed by atoms with van der Waals surface area (Å²) in [6.07, 6.45) is 1.88. The number of hydrogen-bond acceptors (Lipinski definition) is 4. The molecule has 3 aromatic carbocycles. The minimum atomic E-state index is -3.69. The molecule has 0 N–H and O–H groups in total. The zero-order valence-corrected chi connectivity index (χ0v) is 19.0. The molecule has 0 aliphatic carbocycles. The van der Waals surface area contributed by atoms with Crippen molar-refractivity contribution in [1.82, 2.24) is 4.90 Å². The molecule has 0 radical (unpaired) electrons. The Morgan fingerprint density at radius 3 is 2.16 bits per heavy atom. The molecule has 0 fully saturated rings. The van der Waals surface area contributed by atoms with Crippen LogP contribution in [0.25, 0.3) is 0 Å². The predicted octanol–water partition coefficient (Wildman–Crippen LogP) is 4.22. The van der Waals surface area contributed by atoms with Gasteiger partial charge in [0.1, 0.15) is 17.5 Å². The number of amides is 1. The lowest BCUT2D eigenvalue weighted by Crippen LogP contribution is -2.50. The van der Waals surface area contributed by atoms with Crippen molar-refractivity contribution in [3.8, 4) is 11.5 Å². The molecule has 1 unspecified atom stereocenters. The molecule has 1 aliphatic heterocycles. The van der Waals surface area contributed by atoms with Gasteiger partial charge in [-0.3, -0.25) is 9.10 Å². The number of nitrogens with zero attached hydrogens (tertiary/aromatic N) is 2. The summed E-state index contributed by atoms with van der Waals surface area (Å²) in [5, 5.41) is 0. The van der Waals surface area contributed by atoms with E-state index in [1.807, 2.05) is 48.5 Å². The maximum atomic E-state index is 13.3. The first-order chi connectivity index (χ1) is 15.3. The number of fused-ring (bicyclic) bond motifs is 1. The third-order valence-corrected chi connectivity index (χ3v) is 6.82. The number of carbonyl (C=O) groups excluding carboxylic acids is 1. The number of para-hydroxylation sites is 1. The topological polar surface area (TPSA) is 66.9 Å². The van der Waals surface area contributed by atoms with E-state index in [9.17, 15) is 13.2 Å². The van der Waals surface area contributed by atoms with Gasteiger partial charge >= 0.3 is 0 Å². The van der Waals surface area contributed by atoms with Crippen LogP contribution >= 0.6 is 0 Å². The summed E-state index contributed by atoms with van der Waals surface area (Å²) in [4.78, 5) is 15.0. The summed E-state index contributed by atoms with van der Waals surface area (Å²) in [7, 11) is -3.69. The van der Waals surface area contributed by atoms with E-state index in [0.717, 1.165) is 18.2 Å². The zero-order valence-electron chi connectivity index (χ0n) is 18.1. The van der Waals surface area contributed by atoms with Crippen LogP contribution in [0.3, 0.4) is 0 Å². The number of anilines is 1. The average molecular weight is 451 g/mol. The van der Waals surface area contributed by atoms with E-state index in [-0.39, 0.29) is 5.91 Å². The average Bonchev–Trinajstić information content (AvgIpc) is 2.79. The summed E-state index contributed by atoms with van der Waals surface area (Å²) in [5.41, 5.74) is 2.76. The van der Waals surface area contributed by atoms with Gasteiger partial charge in [-0.25, -0.2) is 8.42 Å². The Kier molecular flexibility index (Phi) is 6.19. The first-order valence-corrected chi connectivity index (χ1v) is 12.4. The summed E-state index contributed by atoms with van der Waals surface area (Å²) in [5.74, 6) is 1.06. The molecule has 3 aromatic rings. The minimum Gasteiger partial charge on any atom is -0.457 e. The van der Waals surface area contributed by atoms with Crippen molar-refractivity contribution >= 4 is 21.6 Å². The van der Waals surface area contributed by atoms with Gasteiger partial charge in [0, 0.05) is 13.1 Å². The second-order valence-electron chi connectivity index (χ2n) is 7.92. The molecule has 0 spiro atoms. The van der Waals surface area contributed by atoms with E-state index in [4.69, 9.17) is 4.74 Å². The SMILES string of the molecule is CC(C(=O)N1CCc2ccccc2C1)N(c1ccc(Oc2ccccc2)cc1)S(C)(=O)=O. The number of benzene rings is 3. The van der Waals surface area contributed by atoms with Gasteiger partial charge in [0.25, 0.3) is 0 Å². The van der Waals surface area contributed by atoms with Crippen molar-refractivity contribution in [2.75, 3.05) is 17.1 Å². The van der Waals surface area contributed by atoms with Crippen molar-refractivity contribution in [3.05, 3.63) is 90.0 Å². The van der Waals surface area contributed by atoms with Crippen molar-refractivity contribution < 1.29 is 17.9 Å². The Balaban J connectivity index is 1.54. The van der Waals surface area contributed by atoms with Crippen LogP contribution in [0.4, 0.5) is 5.69 Å². The van der Waals surface area contributed by atoms with Gasteiger partial charge in [0.2, 0.25) is 15.9 Å². The summed E-state index contributed by atoms with van der Waals surface area (Å²) < 4.78 is 32.3. The number of sulfonamides is 1. The van der Waals surface area contributed by atoms with Crippen LogP contribution in [0.15, 0.2) is 78.9 Å². The minimum absolute atomic E-state index is 0.213. The molecule has 0 saturated carbocycles. The van der Waals surface area contributed by atoms with Gasteiger partial charge in [-0.2, -0.15) is 0 Å². The second-order valence-corrected chi connectivity index (χ2v) is 9.78. The maximum absolute atomic E-state index is 13.3. The van der Waals surface area contributed by atoms with Crippen molar-refractivity contribution in [3.63, 3.8) is 0 Å². The Morgan fingerprint density at radius 1 is 0.906 bits per heavy atom. The highest BCUT2D eigenvalue weighted by molar-refractivity contribution is 7.92. The van der Waals surface area contributed by atoms with Gasteiger partial charge in [0.05, 0.1) is 11.9 Å². The molecule has 32 heavy (non-hydrogen) atoms. The highest BCUT2D eigenvalue weighted by Crippen LogP contribution is 2.28. The van der Waals surface area contributed by atoms with Crippen LogP contribution < -0.4 is 9.04 Å². The highest BCUT2D eigenvalue weighted by atomic mass is 32.2. The van der Waals surface area contributed by atoms with Crippen LogP contribution in [0, 0.1) is 0 Å². The van der Waals surface area contributed by atoms with Crippen molar-refractivity contribution in [2.45, 2.75) is 25.9 Å². The lowest BCUT2D eigenvalue weighted by Gasteiger charge is -2.35. The first-order valence-electron chi connectivity index (χ1n) is 10.5. The molecule has 1 heterocycles. The maximum Gasteiger partial charge on any atom is 0.246 e. The molecule has 0 saturated heterocycles. The predicted molar refractivity (Wildman–Crippen MR) is 125 cm³/mol. The highest BCUT2D eigenvalue weighted by Gasteiger charge is 2.33. The Labute approximate surface area is 189 Å². The normalized spacial score (nSPS) is 14.4. The van der Waals surface area contributed by atoms with Gasteiger partial charge in [-0.1, -0.05) is 42.5 Å². The molecular weight excluding hydrogens is 424 g/mol. The van der Waals surface area contributed by atoms with Gasteiger partial charge in [0.15, 0.2) is 0 Å². The lowest BCUT2D eigenvalue weighted by atomic mass is 9.99. The molecule has 0 aromatic heterocycles. The van der Waals surface area contributed by atoms with E-state index < -0.39 is 16.1 Å². The molecule has 6 nitrogen and oxygen atoms in total. The largest absolute Gasteiger partial charge is 0.457 e. The fourth-order valence-electron chi connectivity index (χ4n) is 4.04. The van der Waals surface area contributed by atoms with Crippen molar-refractivity contribution in [1.29, 1.82) is 0 Å². The quantitative estimate of drug-likeness (QED) is 0.564. The lowest BCUT2D eigenvalue weighted by molar-refractivity contribution is -0.132. The number of rotatable bonds is 6. The smallest absolute Gasteiger partial charge is 0.246 e. The first kappa shape index (κ1) is 21.9. The molecular formula is C25H26N2O4S. The van der Waals surface area contributed by atoms with Crippen molar-refractivity contribution in [2.24, 2.45) is 0 Å². The van der Waals surface area contributed by atoms with Gasteiger partial charge in [-0.15, -0.1) is 0 Å². The van der Waals surface area contributed by atoms with Gasteiger partial charge in [-0.05, 0) is 60.9 Å². The fourth-order valence-corrected chi connectivity index (χ4v) is 5.21. The van der Waals surface area contributed by atoms with E-state index in [1.165, 1.54) is 9.87 Å². The standard InChI is InChI=1S/C25H26N2O4S/c1-19(25(28)26-17-16-20-8-6-7-9-21(20)18-26)27(32(2,29)30)22-12-14-24(15-13-22)31-23-10-4-3-5-11-23/h3-15,19H,16-18H2,1-2H3. The fraction of sp³-hybridized carbons (Fsp3) is 0.240. The summed E-state index contributed by atoms with van der Waals surface area (Å²) in [6.45, 7) is 2.70. The van der Waals surface area contributed by atoms with E-state index in [0.29, 0.717) is 30.3 Å². The van der Waals surface area contributed by atoms with Crippen LogP contribution in [0.5, 0.6) is 11.5 Å². The summed E-state index contributed by atoms with van der Waals surface area (Å²) >= 11 is 0. The van der Waals surface area contributed by atoms with Crippen LogP contribution in [-0.4, -0.2) is 38.1 Å². The number of ether oxygens (including phenoxy) is 1. The molecule has 7 heteroatoms. The Morgan fingerprint density at radius 2 is 1.50 bits per heavy atom. The molecule has 1 atom stereocenters.